The van der Waals surface area contributed by atoms with E-state index in [1.807, 2.05) is 30.3 Å². The van der Waals surface area contributed by atoms with Crippen molar-refractivity contribution in [3.63, 3.8) is 0 Å². The summed E-state index contributed by atoms with van der Waals surface area (Å²) in [5, 5.41) is 0. The Bertz CT molecular complexity index is 2460. The number of unbranched alkanes of at least 4 members (excludes halogenated alkanes) is 15. The largest absolute Gasteiger partial charge is 0.290 e. The summed E-state index contributed by atoms with van der Waals surface area (Å²) in [6, 6.07) is 10.2. The molecule has 0 saturated carbocycles. The first-order valence-corrected chi connectivity index (χ1v) is 28.6. The number of rotatable bonds is 28. The first-order chi connectivity index (χ1) is 37.4. The molecule has 79 heavy (non-hydrogen) atoms. The van der Waals surface area contributed by atoms with E-state index in [-0.39, 0.29) is 0 Å². The second kappa shape index (κ2) is 30.1. The second-order valence-electron chi connectivity index (χ2n) is 19.6. The molecule has 0 heterocycles. The highest BCUT2D eigenvalue weighted by molar-refractivity contribution is 7.76. The minimum Gasteiger partial charge on any atom is -0.290 e. The van der Waals surface area contributed by atoms with Gasteiger partial charge in [-0.3, -0.25) is 4.79 Å². The number of benzene rings is 5. The maximum Gasteiger partial charge on any atom is 0.200 e. The lowest BCUT2D eigenvalue weighted by atomic mass is 9.12. The van der Waals surface area contributed by atoms with Crippen LogP contribution in [0.1, 0.15) is 147 Å². The zero-order chi connectivity index (χ0) is 59.1. The summed E-state index contributed by atoms with van der Waals surface area (Å²) in [5.41, 5.74) is -13.4. The highest BCUT2D eigenvalue weighted by Crippen LogP contribution is 2.61. The van der Waals surface area contributed by atoms with Gasteiger partial charge in [-0.1, -0.05) is 128 Å². The van der Waals surface area contributed by atoms with Gasteiger partial charge in [-0.2, -0.15) is 0 Å². The maximum absolute atomic E-state index is 15.4. The van der Waals surface area contributed by atoms with Crippen molar-refractivity contribution in [3.05, 3.63) is 152 Å². The van der Waals surface area contributed by atoms with E-state index in [1.54, 1.807) is 0 Å². The van der Waals surface area contributed by atoms with E-state index in [9.17, 15) is 57.5 Å². The molecule has 0 aliphatic rings. The summed E-state index contributed by atoms with van der Waals surface area (Å²) in [7, 11) is -1.23. The molecule has 0 fully saturated rings. The van der Waals surface area contributed by atoms with Crippen molar-refractivity contribution in [3.8, 4) is 0 Å². The predicted molar refractivity (Wildman–Crippen MR) is 267 cm³/mol. The molecule has 0 spiro atoms. The van der Waals surface area contributed by atoms with Crippen LogP contribution in [0.2, 0.25) is 0 Å². The average Bonchev–Trinajstić information content (AvgIpc) is 3.63. The maximum atomic E-state index is 15.4. The van der Waals surface area contributed by atoms with E-state index >= 15 is 35.1 Å². The lowest BCUT2D eigenvalue weighted by Crippen LogP contribution is -2.81. The van der Waals surface area contributed by atoms with Gasteiger partial charge in [0.2, 0.25) is 0 Å². The summed E-state index contributed by atoms with van der Waals surface area (Å²) < 4.78 is 294. The van der Waals surface area contributed by atoms with Gasteiger partial charge in [-0.25, -0.2) is 87.8 Å². The molecule has 0 aliphatic carbocycles. The third kappa shape index (κ3) is 14.5. The quantitative estimate of drug-likeness (QED) is 0.00928. The van der Waals surface area contributed by atoms with E-state index in [4.69, 9.17) is 0 Å². The van der Waals surface area contributed by atoms with Gasteiger partial charge in [0.25, 0.3) is 0 Å². The highest BCUT2D eigenvalue weighted by Gasteiger charge is 2.52. The molecule has 5 aromatic carbocycles. The van der Waals surface area contributed by atoms with Crippen LogP contribution in [0.25, 0.3) is 0 Å². The Balaban J connectivity index is 0.000000355. The molecule has 436 valence electrons. The van der Waals surface area contributed by atoms with Gasteiger partial charge in [0, 0.05) is 12.8 Å². The summed E-state index contributed by atoms with van der Waals surface area (Å²) >= 11 is 0. The van der Waals surface area contributed by atoms with Gasteiger partial charge in [0.05, 0.1) is 18.5 Å². The summed E-state index contributed by atoms with van der Waals surface area (Å²) in [4.78, 5) is 13.4. The molecule has 0 bridgehead atoms. The smallest absolute Gasteiger partial charge is 0.200 e. The molecule has 0 amide bonds. The van der Waals surface area contributed by atoms with Gasteiger partial charge in [0.1, 0.15) is 58.8 Å². The average molecular weight is 1170 g/mol. The topological polar surface area (TPSA) is 17.1 Å². The van der Waals surface area contributed by atoms with E-state index in [2.05, 4.69) is 20.8 Å². The molecule has 0 unspecified atom stereocenters. The van der Waals surface area contributed by atoms with E-state index in [1.165, 1.54) is 134 Å². The molecule has 0 radical (unpaired) electrons. The number of halogens is 20. The Morgan fingerprint density at radius 3 is 0.734 bits per heavy atom. The van der Waals surface area contributed by atoms with Crippen LogP contribution in [0.5, 0.6) is 0 Å². The number of Topliss-reactive ketones (excluding diaryl/α,β-unsaturated/α-hetero) is 1. The number of ketones is 1. The summed E-state index contributed by atoms with van der Waals surface area (Å²) in [6.07, 6.45) is 22.3. The first kappa shape index (κ1) is 66.4. The Hall–Kier alpha value is -5.14. The van der Waals surface area contributed by atoms with Gasteiger partial charge in [-0.05, 0) is 38.5 Å². The molecular weight excluding hydrogens is 1110 g/mol. The number of hydrogen-bond donors (Lipinski definition) is 0. The SMILES string of the molecule is CCCCCCCC[P+](CCCCCCCC)(CCCCCCCC)CC(=O)c1ccccc1.Fc1c(F)c(F)c([B-](c2c(F)c(F)c(F)c(F)c2F)(c2c(F)c(F)c(F)c(F)c2F)c2c(F)c(F)c(F)c(F)c2F)c(F)c1F. The van der Waals surface area contributed by atoms with Crippen molar-refractivity contribution < 1.29 is 92.6 Å². The summed E-state index contributed by atoms with van der Waals surface area (Å²) in [6.45, 7) is 6.90. The van der Waals surface area contributed by atoms with Crippen LogP contribution < -0.4 is 21.9 Å². The third-order valence-corrected chi connectivity index (χ3v) is 19.0. The van der Waals surface area contributed by atoms with Crippen molar-refractivity contribution in [2.45, 2.75) is 136 Å². The van der Waals surface area contributed by atoms with Crippen molar-refractivity contribution >= 4 is 41.0 Å². The third-order valence-electron chi connectivity index (χ3n) is 14.2. The zero-order valence-corrected chi connectivity index (χ0v) is 44.3. The lowest BCUT2D eigenvalue weighted by molar-refractivity contribution is 0.102. The first-order valence-electron chi connectivity index (χ1n) is 26.0. The Morgan fingerprint density at radius 2 is 0.506 bits per heavy atom. The van der Waals surface area contributed by atoms with Crippen LogP contribution in [-0.4, -0.2) is 36.6 Å². The van der Waals surface area contributed by atoms with Crippen LogP contribution in [0.15, 0.2) is 30.3 Å². The van der Waals surface area contributed by atoms with E-state index in [0.717, 1.165) is 11.7 Å². The molecular formula is C56H58BF20OP. The van der Waals surface area contributed by atoms with Crippen molar-refractivity contribution in [1.82, 2.24) is 0 Å². The van der Waals surface area contributed by atoms with E-state index < -0.39 is 152 Å². The van der Waals surface area contributed by atoms with Crippen LogP contribution in [-0.2, 0) is 0 Å². The molecule has 0 saturated heterocycles. The van der Waals surface area contributed by atoms with Crippen LogP contribution >= 0.6 is 7.26 Å². The molecule has 0 aliphatic heterocycles. The van der Waals surface area contributed by atoms with Gasteiger partial charge >= 0.3 is 0 Å². The van der Waals surface area contributed by atoms with Gasteiger partial charge in [-0.15, -0.1) is 21.9 Å². The number of carbonyl (C=O) groups is 1. The fourth-order valence-corrected chi connectivity index (χ4v) is 14.8. The Labute approximate surface area is 445 Å². The standard InChI is InChI=1S/C32H58OP.C24BF20/c1-4-7-10-13-16-22-27-34(28-23-17-14-11-8-5-2,29-24-18-15-12-9-6-3)30-32(33)31-25-20-19-21-26-31;26-5-1(6(27)14(35)21(42)13(5)34)25(2-7(28)15(36)22(43)16(37)8(2)29,3-9(30)17(38)23(44)18(39)10(3)31)4-11(32)19(40)24(45)20(41)12(4)33/h19-21,25-26H,4-18,22-24,27-30H2,1-3H3;/q+1;-1. The van der Waals surface area contributed by atoms with Crippen molar-refractivity contribution in [1.29, 1.82) is 0 Å². The molecule has 5 rings (SSSR count). The number of carbonyl (C=O) groups excluding carboxylic acids is 1. The Morgan fingerprint density at radius 1 is 0.304 bits per heavy atom. The second-order valence-corrected chi connectivity index (χ2v) is 23.9. The molecule has 0 N–H and O–H groups in total. The van der Waals surface area contributed by atoms with Gasteiger partial charge < -0.3 is 0 Å². The minimum atomic E-state index is -7.22. The van der Waals surface area contributed by atoms with Crippen molar-refractivity contribution in [2.24, 2.45) is 0 Å². The van der Waals surface area contributed by atoms with Crippen molar-refractivity contribution in [2.75, 3.05) is 24.6 Å². The highest BCUT2D eigenvalue weighted by atomic mass is 31.2. The normalized spacial score (nSPS) is 11.9. The van der Waals surface area contributed by atoms with Crippen LogP contribution in [0, 0.1) is 116 Å². The monoisotopic (exact) mass is 1170 g/mol. The zero-order valence-electron chi connectivity index (χ0n) is 43.4. The predicted octanol–water partition coefficient (Wildman–Crippen LogP) is 16.8. The Kier molecular flexibility index (Phi) is 25.3. The van der Waals surface area contributed by atoms with E-state index in [0.29, 0.717) is 5.78 Å². The lowest BCUT2D eigenvalue weighted by Gasteiger charge is -2.44. The molecule has 23 heteroatoms. The fraction of sp³-hybridized carbons (Fsp3) is 0.446. The summed E-state index contributed by atoms with van der Waals surface area (Å²) in [5.74, 6) is -71.0. The van der Waals surface area contributed by atoms with Gasteiger partial charge in [0.15, 0.2) is 75.6 Å². The fourth-order valence-electron chi connectivity index (χ4n) is 10.1. The molecule has 5 aromatic rings. The minimum absolute atomic E-state index is 0.428. The van der Waals surface area contributed by atoms with Crippen LogP contribution in [0.3, 0.4) is 0 Å². The molecule has 1 nitrogen and oxygen atoms in total. The van der Waals surface area contributed by atoms with Crippen LogP contribution in [0.4, 0.5) is 87.8 Å². The molecule has 0 atom stereocenters. The molecule has 0 aromatic heterocycles. The number of hydrogen-bond acceptors (Lipinski definition) is 1.